The third-order valence-corrected chi connectivity index (χ3v) is 4.96. The molecular formula is C21H25N3O5. The number of carbonyl (C=O) groups is 1. The highest BCUT2D eigenvalue weighted by Crippen LogP contribution is 2.37. The van der Waals surface area contributed by atoms with Crippen molar-refractivity contribution in [3.63, 3.8) is 0 Å². The van der Waals surface area contributed by atoms with Crippen LogP contribution in [0.25, 0.3) is 22.0 Å². The fraction of sp³-hybridized carbons (Fsp3) is 0.333. The zero-order valence-electron chi connectivity index (χ0n) is 17.2. The van der Waals surface area contributed by atoms with Gasteiger partial charge < -0.3 is 23.7 Å². The quantitative estimate of drug-likeness (QED) is 0.655. The predicted molar refractivity (Wildman–Crippen MR) is 111 cm³/mol. The zero-order valence-corrected chi connectivity index (χ0v) is 17.2. The normalized spacial score (nSPS) is 11.2. The number of pyridine rings is 1. The van der Waals surface area contributed by atoms with Gasteiger partial charge in [-0.15, -0.1) is 0 Å². The minimum Gasteiger partial charge on any atom is -0.496 e. The van der Waals surface area contributed by atoms with Crippen molar-refractivity contribution in [2.75, 3.05) is 27.8 Å². The second-order valence-corrected chi connectivity index (χ2v) is 7.07. The van der Waals surface area contributed by atoms with Crippen molar-refractivity contribution in [1.82, 2.24) is 14.0 Å². The summed E-state index contributed by atoms with van der Waals surface area (Å²) in [7, 11) is 8.43. The molecule has 8 nitrogen and oxygen atoms in total. The molecule has 0 fully saturated rings. The molecule has 8 heteroatoms. The number of rotatable bonds is 7. The van der Waals surface area contributed by atoms with E-state index in [1.807, 2.05) is 36.0 Å². The Morgan fingerprint density at radius 3 is 2.31 bits per heavy atom. The summed E-state index contributed by atoms with van der Waals surface area (Å²) in [6.45, 7) is 0.256. The number of carboxylic acids is 1. The second kappa shape index (κ2) is 8.00. The van der Waals surface area contributed by atoms with E-state index in [0.717, 1.165) is 22.1 Å². The molecule has 0 atom stereocenters. The predicted octanol–water partition coefficient (Wildman–Crippen LogP) is 2.08. The van der Waals surface area contributed by atoms with E-state index < -0.39 is 5.97 Å². The first kappa shape index (κ1) is 20.5. The number of hydrogen-bond acceptors (Lipinski definition) is 5. The first-order valence-electron chi connectivity index (χ1n) is 9.07. The average Bonchev–Trinajstić information content (AvgIpc) is 3.06. The molecule has 0 saturated heterocycles. The third kappa shape index (κ3) is 3.84. The number of aromatic nitrogens is 2. The molecule has 2 aromatic heterocycles. The van der Waals surface area contributed by atoms with Gasteiger partial charge >= 0.3 is 5.97 Å². The Morgan fingerprint density at radius 2 is 1.76 bits per heavy atom. The number of aryl methyl sites for hydroxylation is 2. The van der Waals surface area contributed by atoms with Gasteiger partial charge in [0.25, 0.3) is 5.56 Å². The van der Waals surface area contributed by atoms with Crippen LogP contribution in [0.15, 0.2) is 35.4 Å². The van der Waals surface area contributed by atoms with Crippen LogP contribution in [0.4, 0.5) is 0 Å². The molecular weight excluding hydrogens is 374 g/mol. The number of methoxy groups -OCH3 is 2. The Balaban J connectivity index is 2.18. The van der Waals surface area contributed by atoms with Crippen LogP contribution < -0.4 is 15.0 Å². The van der Waals surface area contributed by atoms with Gasteiger partial charge in [-0.05, 0) is 30.8 Å². The van der Waals surface area contributed by atoms with Crippen molar-refractivity contribution in [2.45, 2.75) is 6.54 Å². The van der Waals surface area contributed by atoms with Crippen LogP contribution in [0.5, 0.6) is 11.5 Å². The van der Waals surface area contributed by atoms with Crippen molar-refractivity contribution in [3.8, 4) is 22.6 Å². The summed E-state index contributed by atoms with van der Waals surface area (Å²) < 4.78 is 14.6. The maximum Gasteiger partial charge on any atom is 0.317 e. The highest BCUT2D eigenvalue weighted by atomic mass is 16.5. The Hall–Kier alpha value is -3.26. The molecule has 3 rings (SSSR count). The fourth-order valence-corrected chi connectivity index (χ4v) is 3.58. The first-order chi connectivity index (χ1) is 13.8. The number of benzene rings is 1. The van der Waals surface area contributed by atoms with Gasteiger partial charge in [-0.2, -0.15) is 0 Å². The monoisotopic (exact) mass is 399 g/mol. The highest BCUT2D eigenvalue weighted by molar-refractivity contribution is 5.95. The van der Waals surface area contributed by atoms with Gasteiger partial charge in [-0.25, -0.2) is 0 Å². The number of aliphatic carboxylic acids is 1. The number of hydrogen-bond donors (Lipinski definition) is 1. The van der Waals surface area contributed by atoms with E-state index in [1.54, 1.807) is 44.0 Å². The highest BCUT2D eigenvalue weighted by Gasteiger charge is 2.19. The van der Waals surface area contributed by atoms with E-state index in [9.17, 15) is 9.59 Å². The van der Waals surface area contributed by atoms with Crippen molar-refractivity contribution in [3.05, 3.63) is 46.5 Å². The third-order valence-electron chi connectivity index (χ3n) is 4.96. The van der Waals surface area contributed by atoms with Crippen LogP contribution in [0.3, 0.4) is 0 Å². The van der Waals surface area contributed by atoms with Crippen molar-refractivity contribution in [1.29, 1.82) is 0 Å². The molecule has 0 unspecified atom stereocenters. The Labute approximate surface area is 168 Å². The fourth-order valence-electron chi connectivity index (χ4n) is 3.58. The first-order valence-corrected chi connectivity index (χ1v) is 9.07. The van der Waals surface area contributed by atoms with E-state index >= 15 is 0 Å². The van der Waals surface area contributed by atoms with Gasteiger partial charge in [0.15, 0.2) is 0 Å². The smallest absolute Gasteiger partial charge is 0.317 e. The molecule has 29 heavy (non-hydrogen) atoms. The minimum absolute atomic E-state index is 0.0675. The summed E-state index contributed by atoms with van der Waals surface area (Å²) >= 11 is 0. The molecule has 0 spiro atoms. The minimum atomic E-state index is -0.904. The summed E-state index contributed by atoms with van der Waals surface area (Å²) in [6.07, 6.45) is 3.66. The van der Waals surface area contributed by atoms with E-state index in [4.69, 9.17) is 14.6 Å². The van der Waals surface area contributed by atoms with Gasteiger partial charge in [0.05, 0.1) is 26.3 Å². The van der Waals surface area contributed by atoms with E-state index in [-0.39, 0.29) is 12.1 Å². The molecule has 0 aliphatic carbocycles. The number of fused-ring (bicyclic) bond motifs is 1. The lowest BCUT2D eigenvalue weighted by molar-refractivity contribution is -0.138. The van der Waals surface area contributed by atoms with Gasteiger partial charge in [-0.1, -0.05) is 0 Å². The Morgan fingerprint density at radius 1 is 1.14 bits per heavy atom. The van der Waals surface area contributed by atoms with Crippen LogP contribution >= 0.6 is 0 Å². The molecule has 2 heterocycles. The second-order valence-electron chi connectivity index (χ2n) is 7.07. The van der Waals surface area contributed by atoms with Gasteiger partial charge in [0.2, 0.25) is 0 Å². The standard InChI is InChI=1S/C21H25N3O5/c1-22(12-19(25)26)10-16-17(28-4)8-13(9-18(16)29-5)15-11-24(3)21(27)20-14(15)6-7-23(20)2/h6-9,11H,10,12H2,1-5H3,(H,25,26). The molecule has 0 aliphatic rings. The molecule has 154 valence electrons. The van der Waals surface area contributed by atoms with Gasteiger partial charge in [0, 0.05) is 44.0 Å². The molecule has 3 aromatic rings. The van der Waals surface area contributed by atoms with E-state index in [1.165, 1.54) is 0 Å². The lowest BCUT2D eigenvalue weighted by Crippen LogP contribution is -2.25. The van der Waals surface area contributed by atoms with Gasteiger partial charge in [0.1, 0.15) is 17.0 Å². The van der Waals surface area contributed by atoms with Crippen LogP contribution in [0.2, 0.25) is 0 Å². The van der Waals surface area contributed by atoms with Crippen LogP contribution in [-0.4, -0.2) is 52.9 Å². The summed E-state index contributed by atoms with van der Waals surface area (Å²) in [5.74, 6) is 0.280. The number of likely N-dealkylation sites (N-methyl/N-ethyl adjacent to an activating group) is 1. The molecule has 0 radical (unpaired) electrons. The van der Waals surface area contributed by atoms with Crippen molar-refractivity contribution >= 4 is 16.9 Å². The Kier molecular flexibility index (Phi) is 5.65. The Bertz CT molecular complexity index is 1100. The molecule has 0 amide bonds. The summed E-state index contributed by atoms with van der Waals surface area (Å²) in [5.41, 5.74) is 3.03. The van der Waals surface area contributed by atoms with Crippen molar-refractivity contribution in [2.24, 2.45) is 14.1 Å². The molecule has 1 N–H and O–H groups in total. The average molecular weight is 399 g/mol. The molecule has 0 saturated carbocycles. The van der Waals surface area contributed by atoms with Gasteiger partial charge in [-0.3, -0.25) is 14.5 Å². The largest absolute Gasteiger partial charge is 0.496 e. The lowest BCUT2D eigenvalue weighted by Gasteiger charge is -2.20. The lowest BCUT2D eigenvalue weighted by atomic mass is 10.00. The van der Waals surface area contributed by atoms with Crippen LogP contribution in [-0.2, 0) is 25.4 Å². The van der Waals surface area contributed by atoms with Crippen LogP contribution in [0.1, 0.15) is 5.56 Å². The summed E-state index contributed by atoms with van der Waals surface area (Å²) in [5, 5.41) is 9.87. The molecule has 1 aromatic carbocycles. The maximum atomic E-state index is 12.5. The number of ether oxygens (including phenoxy) is 2. The summed E-state index contributed by atoms with van der Waals surface area (Å²) in [6, 6.07) is 5.69. The van der Waals surface area contributed by atoms with E-state index in [2.05, 4.69) is 0 Å². The van der Waals surface area contributed by atoms with Crippen LogP contribution in [0, 0.1) is 0 Å². The zero-order chi connectivity index (χ0) is 21.3. The molecule has 0 aliphatic heterocycles. The van der Waals surface area contributed by atoms with Crippen molar-refractivity contribution < 1.29 is 19.4 Å². The number of carboxylic acid groups (broad SMARTS) is 1. The van der Waals surface area contributed by atoms with E-state index in [0.29, 0.717) is 23.6 Å². The SMILES string of the molecule is COc1cc(-c2cn(C)c(=O)c3c2ccn3C)cc(OC)c1CN(C)CC(=O)O. The number of nitrogens with zero attached hydrogens (tertiary/aromatic N) is 3. The summed E-state index contributed by atoms with van der Waals surface area (Å²) in [4.78, 5) is 25.2. The molecule has 0 bridgehead atoms. The maximum absolute atomic E-state index is 12.5. The topological polar surface area (TPSA) is 85.9 Å².